The zero-order valence-corrected chi connectivity index (χ0v) is 10.2. The number of aromatic hydroxyl groups is 1. The summed E-state index contributed by atoms with van der Waals surface area (Å²) in [6, 6.07) is 7.55. The fourth-order valence-electron chi connectivity index (χ4n) is 1.75. The molecule has 0 amide bonds. The van der Waals surface area contributed by atoms with E-state index in [9.17, 15) is 5.11 Å². The van der Waals surface area contributed by atoms with Gasteiger partial charge in [-0.05, 0) is 37.6 Å². The quantitative estimate of drug-likeness (QED) is 0.661. The Morgan fingerprint density at radius 1 is 1.06 bits per heavy atom. The lowest BCUT2D eigenvalue weighted by atomic mass is 10.1. The van der Waals surface area contributed by atoms with Crippen LogP contribution >= 0.6 is 0 Å². The van der Waals surface area contributed by atoms with Crippen LogP contribution in [0.25, 0.3) is 0 Å². The summed E-state index contributed by atoms with van der Waals surface area (Å²) >= 11 is 0. The molecule has 0 saturated heterocycles. The Balaban J connectivity index is 2.05. The molecular formula is C14H23NO. The molecule has 0 aromatic heterocycles. The van der Waals surface area contributed by atoms with Gasteiger partial charge in [-0.1, -0.05) is 44.4 Å². The average Bonchev–Trinajstić information content (AvgIpc) is 2.30. The molecule has 0 aliphatic heterocycles. The van der Waals surface area contributed by atoms with Crippen molar-refractivity contribution in [3.05, 3.63) is 29.8 Å². The Morgan fingerprint density at radius 3 is 2.62 bits per heavy atom. The highest BCUT2D eigenvalue weighted by Gasteiger charge is 1.98. The number of unbranched alkanes of at least 4 members (excludes halogenated alkanes) is 3. The van der Waals surface area contributed by atoms with Gasteiger partial charge in [0.1, 0.15) is 5.75 Å². The molecule has 2 heteroatoms. The van der Waals surface area contributed by atoms with Crippen molar-refractivity contribution in [1.82, 2.24) is 5.32 Å². The van der Waals surface area contributed by atoms with Crippen molar-refractivity contribution in [3.8, 4) is 5.75 Å². The first-order chi connectivity index (χ1) is 7.84. The minimum absolute atomic E-state index is 0.412. The van der Waals surface area contributed by atoms with Crippen molar-refractivity contribution in [2.75, 3.05) is 13.1 Å². The number of phenols is 1. The number of hydrogen-bond donors (Lipinski definition) is 2. The molecule has 0 saturated carbocycles. The number of hydrogen-bond acceptors (Lipinski definition) is 2. The van der Waals surface area contributed by atoms with Crippen LogP contribution in [-0.2, 0) is 6.42 Å². The first-order valence-corrected chi connectivity index (χ1v) is 6.32. The van der Waals surface area contributed by atoms with Crippen LogP contribution in [0.3, 0.4) is 0 Å². The first-order valence-electron chi connectivity index (χ1n) is 6.32. The van der Waals surface area contributed by atoms with E-state index < -0.39 is 0 Å². The molecule has 0 bridgehead atoms. The third-order valence-corrected chi connectivity index (χ3v) is 2.77. The van der Waals surface area contributed by atoms with E-state index in [1.165, 1.54) is 25.7 Å². The SMILES string of the molecule is CCCCCCNCCc1ccccc1O. The topological polar surface area (TPSA) is 32.3 Å². The van der Waals surface area contributed by atoms with Gasteiger partial charge in [0.2, 0.25) is 0 Å². The fourth-order valence-corrected chi connectivity index (χ4v) is 1.75. The summed E-state index contributed by atoms with van der Waals surface area (Å²) in [5.74, 6) is 0.412. The predicted octanol–water partition coefficient (Wildman–Crippen LogP) is 3.10. The second-order valence-corrected chi connectivity index (χ2v) is 4.19. The summed E-state index contributed by atoms with van der Waals surface area (Å²) in [5, 5.41) is 13.0. The van der Waals surface area contributed by atoms with Crippen LogP contribution < -0.4 is 5.32 Å². The van der Waals surface area contributed by atoms with E-state index in [-0.39, 0.29) is 0 Å². The molecule has 0 aliphatic rings. The lowest BCUT2D eigenvalue weighted by Crippen LogP contribution is -2.18. The van der Waals surface area contributed by atoms with Crippen molar-refractivity contribution in [2.45, 2.75) is 39.0 Å². The van der Waals surface area contributed by atoms with Gasteiger partial charge in [0.15, 0.2) is 0 Å². The third kappa shape index (κ3) is 5.17. The maximum Gasteiger partial charge on any atom is 0.118 e. The molecule has 2 nitrogen and oxygen atoms in total. The highest BCUT2D eigenvalue weighted by Crippen LogP contribution is 2.15. The van der Waals surface area contributed by atoms with Gasteiger partial charge in [-0.2, -0.15) is 0 Å². The van der Waals surface area contributed by atoms with E-state index >= 15 is 0 Å². The Bertz CT molecular complexity index is 286. The van der Waals surface area contributed by atoms with Gasteiger partial charge < -0.3 is 10.4 Å². The molecule has 1 aromatic rings. The van der Waals surface area contributed by atoms with Gasteiger partial charge in [0.25, 0.3) is 0 Å². The number of nitrogens with one attached hydrogen (secondary N) is 1. The van der Waals surface area contributed by atoms with Gasteiger partial charge in [-0.25, -0.2) is 0 Å². The molecule has 1 aromatic carbocycles. The van der Waals surface area contributed by atoms with Crippen LogP contribution in [0.4, 0.5) is 0 Å². The summed E-state index contributed by atoms with van der Waals surface area (Å²) in [5.41, 5.74) is 1.03. The van der Waals surface area contributed by atoms with E-state index in [4.69, 9.17) is 0 Å². The largest absolute Gasteiger partial charge is 0.508 e. The molecule has 0 aliphatic carbocycles. The highest BCUT2D eigenvalue weighted by atomic mass is 16.3. The zero-order valence-electron chi connectivity index (χ0n) is 10.2. The van der Waals surface area contributed by atoms with Crippen molar-refractivity contribution in [2.24, 2.45) is 0 Å². The second-order valence-electron chi connectivity index (χ2n) is 4.19. The van der Waals surface area contributed by atoms with Crippen LogP contribution in [-0.4, -0.2) is 18.2 Å². The van der Waals surface area contributed by atoms with Crippen LogP contribution in [0.15, 0.2) is 24.3 Å². The zero-order chi connectivity index (χ0) is 11.6. The lowest BCUT2D eigenvalue weighted by molar-refractivity contribution is 0.466. The summed E-state index contributed by atoms with van der Waals surface area (Å²) in [6.07, 6.45) is 6.11. The van der Waals surface area contributed by atoms with E-state index in [0.29, 0.717) is 5.75 Å². The van der Waals surface area contributed by atoms with Gasteiger partial charge in [-0.15, -0.1) is 0 Å². The monoisotopic (exact) mass is 221 g/mol. The number of phenolic OH excluding ortho intramolecular Hbond substituents is 1. The highest BCUT2D eigenvalue weighted by molar-refractivity contribution is 5.31. The molecule has 0 fully saturated rings. The summed E-state index contributed by atoms with van der Waals surface area (Å²) in [7, 11) is 0. The summed E-state index contributed by atoms with van der Waals surface area (Å²) < 4.78 is 0. The molecule has 0 heterocycles. The van der Waals surface area contributed by atoms with Gasteiger partial charge >= 0.3 is 0 Å². The van der Waals surface area contributed by atoms with E-state index in [0.717, 1.165) is 25.1 Å². The molecule has 1 rings (SSSR count). The van der Waals surface area contributed by atoms with E-state index in [1.807, 2.05) is 18.2 Å². The molecule has 90 valence electrons. The van der Waals surface area contributed by atoms with Gasteiger partial charge in [-0.3, -0.25) is 0 Å². The Hall–Kier alpha value is -1.02. The first kappa shape index (κ1) is 13.0. The maximum atomic E-state index is 9.56. The third-order valence-electron chi connectivity index (χ3n) is 2.77. The van der Waals surface area contributed by atoms with Crippen LogP contribution in [0.1, 0.15) is 38.2 Å². The van der Waals surface area contributed by atoms with Crippen molar-refractivity contribution in [3.63, 3.8) is 0 Å². The predicted molar refractivity (Wildman–Crippen MR) is 68.8 cm³/mol. The average molecular weight is 221 g/mol. The molecular weight excluding hydrogens is 198 g/mol. The van der Waals surface area contributed by atoms with E-state index in [1.54, 1.807) is 6.07 Å². The molecule has 0 atom stereocenters. The normalized spacial score (nSPS) is 10.6. The summed E-state index contributed by atoms with van der Waals surface area (Å²) in [4.78, 5) is 0. The van der Waals surface area contributed by atoms with Crippen LogP contribution in [0, 0.1) is 0 Å². The van der Waals surface area contributed by atoms with Crippen LogP contribution in [0.2, 0.25) is 0 Å². The fraction of sp³-hybridized carbons (Fsp3) is 0.571. The number of rotatable bonds is 8. The maximum absolute atomic E-state index is 9.56. The standard InChI is InChI=1S/C14H23NO/c1-2-3-4-7-11-15-12-10-13-8-5-6-9-14(13)16/h5-6,8-9,15-16H,2-4,7,10-12H2,1H3. The number of para-hydroxylation sites is 1. The van der Waals surface area contributed by atoms with Gasteiger partial charge in [0, 0.05) is 0 Å². The minimum atomic E-state index is 0.412. The van der Waals surface area contributed by atoms with Crippen LogP contribution in [0.5, 0.6) is 5.75 Å². The lowest BCUT2D eigenvalue weighted by Gasteiger charge is -2.06. The Labute approximate surface area is 98.7 Å². The molecule has 16 heavy (non-hydrogen) atoms. The molecule has 0 radical (unpaired) electrons. The van der Waals surface area contributed by atoms with Crippen molar-refractivity contribution >= 4 is 0 Å². The number of benzene rings is 1. The molecule has 0 unspecified atom stereocenters. The van der Waals surface area contributed by atoms with Crippen molar-refractivity contribution in [1.29, 1.82) is 0 Å². The van der Waals surface area contributed by atoms with Gasteiger partial charge in [0.05, 0.1) is 0 Å². The molecule has 2 N–H and O–H groups in total. The Kier molecular flexibility index (Phi) is 6.66. The molecule has 0 spiro atoms. The smallest absolute Gasteiger partial charge is 0.118 e. The summed E-state index contributed by atoms with van der Waals surface area (Å²) in [6.45, 7) is 4.27. The second kappa shape index (κ2) is 8.17. The minimum Gasteiger partial charge on any atom is -0.508 e. The Morgan fingerprint density at radius 2 is 1.88 bits per heavy atom. The van der Waals surface area contributed by atoms with Crippen molar-refractivity contribution < 1.29 is 5.11 Å². The van der Waals surface area contributed by atoms with E-state index in [2.05, 4.69) is 12.2 Å².